The predicted octanol–water partition coefficient (Wildman–Crippen LogP) is 2.49. The van der Waals surface area contributed by atoms with Crippen molar-refractivity contribution >= 4 is 28.3 Å². The Labute approximate surface area is 323 Å². The van der Waals surface area contributed by atoms with Gasteiger partial charge in [-0.2, -0.15) is 19.5 Å². The van der Waals surface area contributed by atoms with E-state index in [4.69, 9.17) is 42.1 Å². The molecule has 1 aliphatic rings. The molecule has 3 aromatic rings. The largest absolute Gasteiger partial charge is 0.602 e. The van der Waals surface area contributed by atoms with E-state index in [9.17, 15) is 29.0 Å². The minimum Gasteiger partial charge on any atom is -0.602 e. The quantitative estimate of drug-likeness (QED) is 0.0690. The molecule has 2 heterocycles. The first-order valence-electron chi connectivity index (χ1n) is 17.1. The van der Waals surface area contributed by atoms with Gasteiger partial charge in [0.25, 0.3) is 11.0 Å². The fraction of sp³-hybridized carbons (Fsp3) is 0.471. The molecule has 0 saturated carbocycles. The summed E-state index contributed by atoms with van der Waals surface area (Å²) < 4.78 is 44.4. The number of rotatable bonds is 16. The lowest BCUT2D eigenvalue weighted by Crippen LogP contribution is -2.51. The zero-order valence-electron chi connectivity index (χ0n) is 31.9. The summed E-state index contributed by atoms with van der Waals surface area (Å²) in [5, 5.41) is 12.0. The molecule has 1 unspecified atom stereocenters. The third-order valence-corrected chi connectivity index (χ3v) is 11.2. The number of phosphoric ester groups is 1. The molecular formula is C34H45N6O14P2+2. The molecule has 1 fully saturated rings. The van der Waals surface area contributed by atoms with Gasteiger partial charge in [-0.3, -0.25) is 23.9 Å². The molecule has 22 heteroatoms. The summed E-state index contributed by atoms with van der Waals surface area (Å²) in [6.07, 6.45) is -0.918. The van der Waals surface area contributed by atoms with Gasteiger partial charge in [0.05, 0.1) is 10.8 Å². The van der Waals surface area contributed by atoms with Crippen LogP contribution in [-0.2, 0) is 50.0 Å². The van der Waals surface area contributed by atoms with Crippen LogP contribution in [0.15, 0.2) is 64.3 Å². The Bertz CT molecular complexity index is 1920. The minimum atomic E-state index is -4.93. The summed E-state index contributed by atoms with van der Waals surface area (Å²) in [4.78, 5) is 79.0. The average molecular weight is 824 g/mol. The lowest BCUT2D eigenvalue weighted by molar-refractivity contribution is -0.655. The molecule has 4 N–H and O–H groups in total. The molecule has 1 aromatic heterocycles. The summed E-state index contributed by atoms with van der Waals surface area (Å²) in [7, 11) is -9.82. The van der Waals surface area contributed by atoms with Gasteiger partial charge >= 0.3 is 39.1 Å². The second-order valence-electron chi connectivity index (χ2n) is 14.6. The molecule has 1 aliphatic heterocycles. The van der Waals surface area contributed by atoms with Crippen LogP contribution in [0.1, 0.15) is 70.9 Å². The second-order valence-corrected chi connectivity index (χ2v) is 18.1. The van der Waals surface area contributed by atoms with Crippen molar-refractivity contribution < 1.29 is 62.0 Å². The number of H-pyrrole nitrogens is 1. The van der Waals surface area contributed by atoms with Crippen molar-refractivity contribution in [1.82, 2.24) is 15.0 Å². The van der Waals surface area contributed by atoms with Gasteiger partial charge in [0.15, 0.2) is 6.04 Å². The zero-order chi connectivity index (χ0) is 41.5. The van der Waals surface area contributed by atoms with Gasteiger partial charge in [0.1, 0.15) is 49.1 Å². The van der Waals surface area contributed by atoms with Gasteiger partial charge in [-0.25, -0.2) is 4.79 Å². The van der Waals surface area contributed by atoms with Gasteiger partial charge < -0.3 is 24.0 Å². The number of benzene rings is 2. The summed E-state index contributed by atoms with van der Waals surface area (Å²) >= 11 is 0. The van der Waals surface area contributed by atoms with Crippen molar-refractivity contribution in [2.24, 2.45) is 10.8 Å². The summed E-state index contributed by atoms with van der Waals surface area (Å²) in [5.41, 5.74) is 1.87. The number of hydrogen-bond acceptors (Lipinski definition) is 15. The Kier molecular flexibility index (Phi) is 14.6. The van der Waals surface area contributed by atoms with E-state index in [0.717, 1.165) is 4.57 Å². The summed E-state index contributed by atoms with van der Waals surface area (Å²) in [5.74, 6) is 2.73. The van der Waals surface area contributed by atoms with Crippen LogP contribution in [-0.4, -0.2) is 40.2 Å². The number of quaternary nitrogens is 1. The molecule has 0 bridgehead atoms. The number of ether oxygens (including phenoxy) is 3. The van der Waals surface area contributed by atoms with Crippen molar-refractivity contribution in [3.8, 4) is 11.5 Å². The number of hydrogen-bond donors (Lipinski definition) is 2. The first-order valence-corrected chi connectivity index (χ1v) is 20.0. The Hall–Kier alpha value is -4.22. The Morgan fingerprint density at radius 2 is 1.41 bits per heavy atom. The molecule has 0 aliphatic carbocycles. The van der Waals surface area contributed by atoms with Crippen molar-refractivity contribution in [2.45, 2.75) is 86.5 Å². The van der Waals surface area contributed by atoms with Crippen LogP contribution in [0.25, 0.3) is 5.08 Å². The molecule has 4 rings (SSSR count). The lowest BCUT2D eigenvalue weighted by atomic mass is 9.97. The van der Waals surface area contributed by atoms with Crippen LogP contribution < -0.4 is 41.8 Å². The van der Waals surface area contributed by atoms with Crippen molar-refractivity contribution in [2.75, 3.05) is 6.61 Å². The van der Waals surface area contributed by atoms with Gasteiger partial charge in [-0.05, 0) is 83.9 Å². The number of aromatic nitrogens is 2. The molecule has 4 atom stereocenters. The standard InChI is InChI=1S/C34H44N6O14P2/c1-21-17-40(32(44)37-29(21)41)28-16-26(38-39-35)27(52-28)20-49-56(46,53-36)54-55(45,47-18-22-8-12-24(13-9-22)50-30(42)33(2,3)4)48-19-23-10-14-25(15-11-23)51-31(43)34(5,6)7/h8-15,17,26-28H,16,18-20H2,1-7,36H3/q+1/p+1/t26-,27+,28+,56?/m0/s1. The normalized spacial score (nSPS) is 18.5. The molecular weight excluding hydrogens is 778 g/mol. The maximum absolute atomic E-state index is 14.1. The van der Waals surface area contributed by atoms with Crippen LogP contribution in [0, 0.1) is 23.1 Å². The van der Waals surface area contributed by atoms with E-state index >= 15 is 0 Å². The fourth-order valence-electron chi connectivity index (χ4n) is 4.61. The molecule has 303 valence electrons. The monoisotopic (exact) mass is 823 g/mol. The highest BCUT2D eigenvalue weighted by atomic mass is 31.3. The Morgan fingerprint density at radius 1 is 0.911 bits per heavy atom. The number of aryl methyl sites for hydroxylation is 1. The maximum atomic E-state index is 14.1. The van der Waals surface area contributed by atoms with E-state index < -0.39 is 88.6 Å². The third kappa shape index (κ3) is 12.4. The Balaban J connectivity index is 1.51. The van der Waals surface area contributed by atoms with Gasteiger partial charge in [-0.15, -0.1) is 0 Å². The molecule has 1 radical (unpaired) electrons. The highest BCUT2D eigenvalue weighted by molar-refractivity contribution is 7.67. The number of carbonyl (C=O) groups is 2. The highest BCUT2D eigenvalue weighted by Crippen LogP contribution is 2.70. The van der Waals surface area contributed by atoms with Gasteiger partial charge in [-0.1, -0.05) is 24.3 Å². The van der Waals surface area contributed by atoms with Gasteiger partial charge in [0, 0.05) is 27.1 Å². The number of nitrogens with zero attached hydrogens (tertiary/aromatic N) is 4. The van der Waals surface area contributed by atoms with E-state index in [1.54, 1.807) is 41.5 Å². The van der Waals surface area contributed by atoms with Crippen LogP contribution in [0.5, 0.6) is 11.5 Å². The van der Waals surface area contributed by atoms with Crippen molar-refractivity contribution in [3.63, 3.8) is 0 Å². The lowest BCUT2D eigenvalue weighted by Gasteiger charge is -2.28. The molecule has 2 aromatic carbocycles. The van der Waals surface area contributed by atoms with Crippen LogP contribution in [0.4, 0.5) is 0 Å². The number of carbonyl (C=O) groups excluding carboxylic acids is 2. The van der Waals surface area contributed by atoms with Crippen LogP contribution in [0.2, 0.25) is 0 Å². The summed E-state index contributed by atoms with van der Waals surface area (Å²) in [6, 6.07) is 11.1. The van der Waals surface area contributed by atoms with Crippen molar-refractivity contribution in [3.05, 3.63) is 97.3 Å². The van der Waals surface area contributed by atoms with E-state index in [2.05, 4.69) is 21.4 Å². The minimum absolute atomic E-state index is 0.0347. The topological polar surface area (TPSA) is 279 Å². The van der Waals surface area contributed by atoms with Crippen LogP contribution >= 0.6 is 16.3 Å². The molecule has 20 nitrogen and oxygen atoms in total. The fourth-order valence-corrected chi connectivity index (χ4v) is 7.44. The van der Waals surface area contributed by atoms with E-state index in [1.807, 2.05) is 0 Å². The first kappa shape index (κ1) is 44.5. The molecule has 1 saturated heterocycles. The van der Waals surface area contributed by atoms with Crippen molar-refractivity contribution in [1.29, 1.82) is 5.39 Å². The van der Waals surface area contributed by atoms with Gasteiger partial charge in [0.2, 0.25) is 0 Å². The first-order chi connectivity index (χ1) is 26.1. The Morgan fingerprint density at radius 3 is 1.86 bits per heavy atom. The third-order valence-electron chi connectivity index (χ3n) is 7.89. The SMILES string of the molecule is Cc1cn([C@H]2C[C@H]([N][N+]#N)[C@@H](CO[P+]([O-])(O[NH3+])O[P+]([O-])(OCc3ccc(OC(=O)C(C)(C)C)cc3)OCc3ccc(OC(=O)C(C)(C)C)cc3)O2)c(=O)[nH]c1=O. The van der Waals surface area contributed by atoms with E-state index in [1.165, 1.54) is 61.7 Å². The van der Waals surface area contributed by atoms with E-state index in [-0.39, 0.29) is 23.5 Å². The number of phosphoric acid groups is 2. The second kappa shape index (κ2) is 18.4. The number of esters is 2. The predicted molar refractivity (Wildman–Crippen MR) is 193 cm³/mol. The number of aromatic amines is 1. The molecule has 0 amide bonds. The smallest absolute Gasteiger partial charge is 0.502 e. The van der Waals surface area contributed by atoms with E-state index in [0.29, 0.717) is 11.1 Å². The summed E-state index contributed by atoms with van der Waals surface area (Å²) in [6.45, 7) is 10.2. The maximum Gasteiger partial charge on any atom is 0.502 e. The average Bonchev–Trinajstić information content (AvgIpc) is 3.53. The highest BCUT2D eigenvalue weighted by Gasteiger charge is 2.55. The van der Waals surface area contributed by atoms with Crippen LogP contribution in [0.3, 0.4) is 0 Å². The molecule has 56 heavy (non-hydrogen) atoms. The zero-order valence-corrected chi connectivity index (χ0v) is 33.7. The number of diazo groups is 1. The number of nitrogens with one attached hydrogen (secondary N) is 1. The molecule has 0 spiro atoms.